The molecular formula is C84H104BBrN8O17Si. The molecule has 1 saturated heterocycles. The standard InChI is InChI=1S/C35H38N4O7.C26H31BN2O5.C23H35BrN2O5Si/c1-37(2)26-9-10-28-23(18-26)12-13-39(34(28)42)31-7-5-6-27(29(31)22-41)24-19-30(35(43)38(3)21-24)36-25-8-11-32(45-15-14-40)33(20-25)46-17-16-44-4;1-17(30)32-16-21-22(27-33-25(2,3)26(4,5)34-27)9-8-10-23(21)29-14-13-18-15-19(28(6)7)11-12-20(18)24(29)31;1-23(2,3)32(6,7)31-13-12-29-20-9-8-18(15-21(20)30-11-10-28-5)25-19-14-17(24)16-26(4)22(19)27/h5-13,18-21,36,40-41H,14-17,22H2,1-4H3;8-15H,16H2,1-7H3;8-9,14-16,25H,10-13H2,1-7H3. The summed E-state index contributed by atoms with van der Waals surface area (Å²) in [6.45, 7) is 22.4. The first-order valence-electron chi connectivity index (χ1n) is 36.7. The fourth-order valence-corrected chi connectivity index (χ4v) is 13.5. The zero-order valence-corrected chi connectivity index (χ0v) is 69.8. The van der Waals surface area contributed by atoms with Crippen LogP contribution in [0.4, 0.5) is 34.1 Å². The SMILES string of the molecule is CC(=O)OCc1c(B2OC(C)(C)C(C)(C)O2)cccc1-n1ccc2cc(N(C)C)ccc2c1=O.COCCOc1cc(Nc2cc(-c3cccc(-n4ccc5cc(N(C)C)ccc5c4=O)c3CO)cn(C)c2=O)ccc1OCCO.COCCOc1cc(Nc2cc(Br)cn(C)c2=O)ccc1OCCO[Si](C)(C)C(C)(C)C. The molecule has 596 valence electrons. The number of ether oxygens (including phenoxy) is 7. The molecule has 0 bridgehead atoms. The molecule has 28 heteroatoms. The first-order chi connectivity index (χ1) is 53.1. The number of nitrogens with one attached hydrogen (secondary N) is 2. The monoisotopic (exact) mass is 1610 g/mol. The van der Waals surface area contributed by atoms with Crippen molar-refractivity contribution in [1.29, 1.82) is 0 Å². The van der Waals surface area contributed by atoms with Crippen molar-refractivity contribution in [2.75, 3.05) is 116 Å². The molecule has 0 saturated carbocycles. The number of fused-ring (bicyclic) bond motifs is 2. The second-order valence-corrected chi connectivity index (χ2v) is 35.5. The maximum atomic E-state index is 13.6. The lowest BCUT2D eigenvalue weighted by Crippen LogP contribution is -2.41. The Morgan fingerprint density at radius 3 is 1.53 bits per heavy atom. The molecule has 0 spiro atoms. The maximum absolute atomic E-state index is 13.6. The summed E-state index contributed by atoms with van der Waals surface area (Å²) in [6, 6.07) is 40.4. The van der Waals surface area contributed by atoms with Crippen molar-refractivity contribution in [2.45, 2.75) is 97.9 Å². The van der Waals surface area contributed by atoms with Crippen molar-refractivity contribution in [1.82, 2.24) is 18.3 Å². The molecule has 11 rings (SSSR count). The van der Waals surface area contributed by atoms with Gasteiger partial charge in [-0.2, -0.15) is 0 Å². The Bertz CT molecular complexity index is 5210. The van der Waals surface area contributed by atoms with Crippen LogP contribution in [-0.4, -0.2) is 156 Å². The van der Waals surface area contributed by atoms with Crippen LogP contribution < -0.4 is 67.1 Å². The first kappa shape index (κ1) is 86.0. The van der Waals surface area contributed by atoms with Gasteiger partial charge < -0.3 is 86.7 Å². The number of carbonyl (C=O) groups excluding carboxylic acids is 1. The lowest BCUT2D eigenvalue weighted by molar-refractivity contribution is -0.142. The first-order valence-corrected chi connectivity index (χ1v) is 40.4. The van der Waals surface area contributed by atoms with Crippen LogP contribution in [0.2, 0.25) is 18.1 Å². The fraction of sp³-hybridized carbons (Fsp3) is 0.369. The van der Waals surface area contributed by atoms with Crippen molar-refractivity contribution in [3.63, 3.8) is 0 Å². The average molecular weight is 1620 g/mol. The highest BCUT2D eigenvalue weighted by molar-refractivity contribution is 9.10. The highest BCUT2D eigenvalue weighted by Gasteiger charge is 2.52. The van der Waals surface area contributed by atoms with Gasteiger partial charge in [0.25, 0.3) is 22.2 Å². The van der Waals surface area contributed by atoms with Crippen LogP contribution in [-0.2, 0) is 60.0 Å². The number of benzene rings is 6. The van der Waals surface area contributed by atoms with Crippen LogP contribution in [0.25, 0.3) is 44.0 Å². The molecule has 6 aromatic carbocycles. The van der Waals surface area contributed by atoms with Gasteiger partial charge in [-0.25, -0.2) is 0 Å². The second kappa shape index (κ2) is 37.5. The van der Waals surface area contributed by atoms with Gasteiger partial charge in [0.15, 0.2) is 31.3 Å². The molecule has 0 amide bonds. The van der Waals surface area contributed by atoms with Gasteiger partial charge in [-0.1, -0.05) is 45.0 Å². The number of carbonyl (C=O) groups is 1. The normalized spacial score (nSPS) is 13.0. The number of hydrogen-bond acceptors (Lipinski definition) is 21. The summed E-state index contributed by atoms with van der Waals surface area (Å²) in [6.07, 6.45) is 6.89. The molecular weight excluding hydrogens is 1510 g/mol. The molecule has 0 atom stereocenters. The summed E-state index contributed by atoms with van der Waals surface area (Å²) in [5.41, 5.74) is 6.68. The Balaban J connectivity index is 0.000000197. The third-order valence-electron chi connectivity index (χ3n) is 19.9. The van der Waals surface area contributed by atoms with Gasteiger partial charge >= 0.3 is 13.1 Å². The van der Waals surface area contributed by atoms with Crippen molar-refractivity contribution in [3.8, 4) is 45.5 Å². The molecule has 0 aliphatic carbocycles. The third kappa shape index (κ3) is 20.8. The summed E-state index contributed by atoms with van der Waals surface area (Å²) >= 11 is 3.42. The molecule has 1 aliphatic rings. The van der Waals surface area contributed by atoms with Crippen molar-refractivity contribution in [3.05, 3.63) is 215 Å². The summed E-state index contributed by atoms with van der Waals surface area (Å²) in [5.74, 6) is 1.66. The van der Waals surface area contributed by atoms with Crippen molar-refractivity contribution < 1.29 is 61.9 Å². The van der Waals surface area contributed by atoms with E-state index in [1.165, 1.54) is 16.1 Å². The number of anilines is 6. The average Bonchev–Trinajstić information content (AvgIpc) is 1.55. The summed E-state index contributed by atoms with van der Waals surface area (Å²) < 4.78 is 64.5. The highest BCUT2D eigenvalue weighted by Crippen LogP contribution is 2.40. The Hall–Kier alpha value is -10.0. The minimum Gasteiger partial charge on any atom is -0.487 e. The highest BCUT2D eigenvalue weighted by atomic mass is 79.9. The van der Waals surface area contributed by atoms with Crippen molar-refractivity contribution in [2.24, 2.45) is 14.1 Å². The van der Waals surface area contributed by atoms with E-state index in [9.17, 15) is 34.2 Å². The summed E-state index contributed by atoms with van der Waals surface area (Å²) in [5, 5.41) is 29.2. The van der Waals surface area contributed by atoms with E-state index < -0.39 is 32.6 Å². The number of aryl methyl sites for hydroxylation is 2. The molecule has 112 heavy (non-hydrogen) atoms. The van der Waals surface area contributed by atoms with E-state index in [0.29, 0.717) is 117 Å². The molecule has 1 aliphatic heterocycles. The Labute approximate surface area is 663 Å². The number of halogens is 1. The van der Waals surface area contributed by atoms with Crippen LogP contribution >= 0.6 is 15.9 Å². The lowest BCUT2D eigenvalue weighted by atomic mass is 9.75. The van der Waals surface area contributed by atoms with E-state index >= 15 is 0 Å². The van der Waals surface area contributed by atoms with Crippen LogP contribution in [0.1, 0.15) is 66.5 Å². The predicted molar refractivity (Wildman–Crippen MR) is 450 cm³/mol. The number of aliphatic hydroxyl groups excluding tert-OH is 2. The number of hydrogen-bond donors (Lipinski definition) is 4. The van der Waals surface area contributed by atoms with Gasteiger partial charge in [-0.05, 0) is 181 Å². The molecule has 4 aromatic heterocycles. The molecule has 0 unspecified atom stereocenters. The Morgan fingerprint density at radius 1 is 0.571 bits per heavy atom. The topological polar surface area (TPSA) is 268 Å². The largest absolute Gasteiger partial charge is 0.495 e. The number of aromatic nitrogens is 4. The zero-order chi connectivity index (χ0) is 81.6. The number of rotatable bonds is 29. The van der Waals surface area contributed by atoms with E-state index in [2.05, 4.69) is 60.4 Å². The number of esters is 1. The minimum absolute atomic E-state index is 0.00500. The van der Waals surface area contributed by atoms with Crippen molar-refractivity contribution >= 4 is 98.5 Å². The molecule has 25 nitrogen and oxygen atoms in total. The van der Waals surface area contributed by atoms with Gasteiger partial charge in [0.05, 0.1) is 55.6 Å². The van der Waals surface area contributed by atoms with Gasteiger partial charge in [0.2, 0.25) is 0 Å². The summed E-state index contributed by atoms with van der Waals surface area (Å²) in [7, 11) is 11.9. The summed E-state index contributed by atoms with van der Waals surface area (Å²) in [4.78, 5) is 68.5. The smallest absolute Gasteiger partial charge is 0.487 e. The fourth-order valence-electron chi connectivity index (χ4n) is 11.9. The maximum Gasteiger partial charge on any atom is 0.495 e. The Kier molecular flexibility index (Phi) is 28.8. The van der Waals surface area contributed by atoms with Crippen LogP contribution in [0.15, 0.2) is 182 Å². The van der Waals surface area contributed by atoms with Gasteiger partial charge in [0.1, 0.15) is 44.4 Å². The van der Waals surface area contributed by atoms with E-state index in [0.717, 1.165) is 37.8 Å². The van der Waals surface area contributed by atoms with E-state index in [-0.39, 0.29) is 60.3 Å². The van der Waals surface area contributed by atoms with Gasteiger partial charge in [-0.15, -0.1) is 0 Å². The van der Waals surface area contributed by atoms with E-state index in [1.807, 2.05) is 163 Å². The van der Waals surface area contributed by atoms with E-state index in [4.69, 9.17) is 46.9 Å². The van der Waals surface area contributed by atoms with Gasteiger partial charge in [0, 0.05) is 155 Å². The quantitative estimate of drug-likeness (QED) is 0.0193. The number of nitrogens with zero attached hydrogens (tertiary/aromatic N) is 6. The molecule has 10 aromatic rings. The van der Waals surface area contributed by atoms with Crippen LogP contribution in [0.5, 0.6) is 23.0 Å². The number of aliphatic hydroxyl groups is 2. The predicted octanol–water partition coefficient (Wildman–Crippen LogP) is 12.8. The van der Waals surface area contributed by atoms with E-state index in [1.54, 1.807) is 98.6 Å². The lowest BCUT2D eigenvalue weighted by Gasteiger charge is -2.36. The molecule has 5 heterocycles. The molecule has 4 N–H and O–H groups in total. The number of methoxy groups -OCH3 is 2. The van der Waals surface area contributed by atoms with Crippen LogP contribution in [0.3, 0.4) is 0 Å². The van der Waals surface area contributed by atoms with Crippen LogP contribution in [0, 0.1) is 0 Å². The minimum atomic E-state index is -1.82. The molecule has 1 fully saturated rings. The van der Waals surface area contributed by atoms with Gasteiger partial charge in [-0.3, -0.25) is 33.1 Å². The second-order valence-electron chi connectivity index (χ2n) is 29.8. The Morgan fingerprint density at radius 2 is 1.04 bits per heavy atom. The third-order valence-corrected chi connectivity index (χ3v) is 24.9. The zero-order valence-electron chi connectivity index (χ0n) is 67.2. The molecule has 0 radical (unpaired) electrons. The number of pyridine rings is 4.